The first-order chi connectivity index (χ1) is 13.4. The maximum Gasteiger partial charge on any atom is 0.249 e. The lowest BCUT2D eigenvalue weighted by Crippen LogP contribution is -2.03. The van der Waals surface area contributed by atoms with Gasteiger partial charge in [-0.3, -0.25) is 4.21 Å². The van der Waals surface area contributed by atoms with E-state index in [1.165, 1.54) is 11.1 Å². The highest BCUT2D eigenvalue weighted by atomic mass is 32.2. The number of hydrogen-bond acceptors (Lipinski definition) is 5. The summed E-state index contributed by atoms with van der Waals surface area (Å²) in [5, 5.41) is 4.81. The lowest BCUT2D eigenvalue weighted by molar-refractivity contribution is 0.613. The summed E-state index contributed by atoms with van der Waals surface area (Å²) < 4.78 is 21.0. The summed E-state index contributed by atoms with van der Waals surface area (Å²) in [5.41, 5.74) is 7.50. The molecule has 7 heteroatoms. The van der Waals surface area contributed by atoms with Crippen molar-refractivity contribution in [2.75, 3.05) is 12.0 Å². The van der Waals surface area contributed by atoms with Crippen LogP contribution in [0.15, 0.2) is 32.4 Å². The van der Waals surface area contributed by atoms with Gasteiger partial charge in [-0.15, -0.1) is 11.8 Å². The van der Waals surface area contributed by atoms with Crippen LogP contribution in [-0.4, -0.2) is 30.8 Å². The van der Waals surface area contributed by atoms with Crippen LogP contribution in [-0.2, 0) is 10.8 Å². The fraction of sp³-hybridized carbons (Fsp3) is 0.333. The van der Waals surface area contributed by atoms with Gasteiger partial charge in [0.15, 0.2) is 11.3 Å². The summed E-state index contributed by atoms with van der Waals surface area (Å²) in [6.07, 6.45) is 2.03. The summed E-state index contributed by atoms with van der Waals surface area (Å²) in [6, 6.07) is 5.94. The lowest BCUT2D eigenvalue weighted by atomic mass is 10.0. The van der Waals surface area contributed by atoms with Gasteiger partial charge >= 0.3 is 0 Å². The molecule has 4 rings (SSSR count). The Labute approximate surface area is 171 Å². The highest BCUT2D eigenvalue weighted by Gasteiger charge is 2.26. The quantitative estimate of drug-likeness (QED) is 0.429. The average molecular weight is 414 g/mol. The maximum atomic E-state index is 13.0. The van der Waals surface area contributed by atoms with Crippen LogP contribution in [0, 0.1) is 27.7 Å². The Kier molecular flexibility index (Phi) is 4.83. The maximum absolute atomic E-state index is 13.0. The van der Waals surface area contributed by atoms with E-state index >= 15 is 0 Å². The summed E-state index contributed by atoms with van der Waals surface area (Å²) in [4.78, 5) is 6.51. The Morgan fingerprint density at radius 3 is 2.57 bits per heavy atom. The van der Waals surface area contributed by atoms with Crippen molar-refractivity contribution in [3.05, 3.63) is 40.6 Å². The van der Waals surface area contributed by atoms with Crippen molar-refractivity contribution in [2.24, 2.45) is 0 Å². The number of benzene rings is 1. The van der Waals surface area contributed by atoms with Gasteiger partial charge in [-0.05, 0) is 68.8 Å². The molecule has 3 aromatic heterocycles. The molecule has 0 saturated carbocycles. The normalized spacial score (nSPS) is 12.9. The SMILES string of the molecule is CCS(=O)c1c(-c2nc3cc(SC)ccc3o2)nn2c(C)c(C)c(C)c(C)c12. The molecule has 0 aliphatic carbocycles. The second-order valence-corrected chi connectivity index (χ2v) is 9.44. The zero-order chi connectivity index (χ0) is 20.2. The minimum Gasteiger partial charge on any atom is -0.435 e. The molecule has 0 radical (unpaired) electrons. The third-order valence-electron chi connectivity index (χ3n) is 5.47. The van der Waals surface area contributed by atoms with Crippen LogP contribution in [0.4, 0.5) is 0 Å². The number of aryl methyl sites for hydroxylation is 2. The Morgan fingerprint density at radius 1 is 1.14 bits per heavy atom. The third-order valence-corrected chi connectivity index (χ3v) is 7.56. The molecule has 5 nitrogen and oxygen atoms in total. The summed E-state index contributed by atoms with van der Waals surface area (Å²) in [6.45, 7) is 10.2. The van der Waals surface area contributed by atoms with Crippen molar-refractivity contribution < 1.29 is 8.63 Å². The number of oxazole rings is 1. The highest BCUT2D eigenvalue weighted by Crippen LogP contribution is 2.35. The molecular formula is C21H23N3O2S2. The van der Waals surface area contributed by atoms with E-state index in [1.807, 2.05) is 42.8 Å². The molecule has 0 spiro atoms. The van der Waals surface area contributed by atoms with E-state index in [2.05, 4.69) is 25.8 Å². The Hall–Kier alpha value is -2.12. The van der Waals surface area contributed by atoms with Crippen molar-refractivity contribution in [1.82, 2.24) is 14.6 Å². The molecule has 0 bridgehead atoms. The van der Waals surface area contributed by atoms with E-state index in [-0.39, 0.29) is 0 Å². The predicted octanol–water partition coefficient (Wildman–Crippen LogP) is 5.23. The molecule has 0 aliphatic heterocycles. The van der Waals surface area contributed by atoms with Crippen molar-refractivity contribution in [3.8, 4) is 11.6 Å². The topological polar surface area (TPSA) is 60.4 Å². The zero-order valence-corrected chi connectivity index (χ0v) is 18.5. The standard InChI is InChI=1S/C21H23N3O2S2/c1-7-28(25)20-18(21-22-16-10-15(27-6)8-9-17(16)26-21)23-24-14(5)12(3)11(2)13(4)19(20)24/h8-10H,7H2,1-6H3. The molecule has 1 aromatic carbocycles. The van der Waals surface area contributed by atoms with Crippen molar-refractivity contribution in [2.45, 2.75) is 44.4 Å². The molecule has 4 aromatic rings. The largest absolute Gasteiger partial charge is 0.435 e. The molecule has 3 heterocycles. The number of thioether (sulfide) groups is 1. The lowest BCUT2D eigenvalue weighted by Gasteiger charge is -2.12. The average Bonchev–Trinajstić information content (AvgIpc) is 3.30. The smallest absolute Gasteiger partial charge is 0.249 e. The number of aromatic nitrogens is 3. The monoisotopic (exact) mass is 413 g/mol. The van der Waals surface area contributed by atoms with E-state index in [0.717, 1.165) is 27.2 Å². The van der Waals surface area contributed by atoms with E-state index in [1.54, 1.807) is 11.8 Å². The van der Waals surface area contributed by atoms with Gasteiger partial charge in [-0.1, -0.05) is 6.92 Å². The van der Waals surface area contributed by atoms with Gasteiger partial charge in [0.25, 0.3) is 0 Å². The minimum atomic E-state index is -1.19. The van der Waals surface area contributed by atoms with Gasteiger partial charge in [0.05, 0.1) is 21.2 Å². The summed E-state index contributed by atoms with van der Waals surface area (Å²) in [7, 11) is -1.19. The second kappa shape index (κ2) is 7.04. The molecule has 1 unspecified atom stereocenters. The Morgan fingerprint density at radius 2 is 1.89 bits per heavy atom. The molecule has 146 valence electrons. The van der Waals surface area contributed by atoms with Gasteiger partial charge in [0.2, 0.25) is 5.89 Å². The van der Waals surface area contributed by atoms with Gasteiger partial charge in [0, 0.05) is 16.3 Å². The third kappa shape index (κ3) is 2.79. The van der Waals surface area contributed by atoms with Crippen molar-refractivity contribution >= 4 is 39.2 Å². The Balaban J connectivity index is 2.08. The number of rotatable bonds is 4. The van der Waals surface area contributed by atoms with Crippen LogP contribution in [0.3, 0.4) is 0 Å². The van der Waals surface area contributed by atoms with E-state index < -0.39 is 10.8 Å². The predicted molar refractivity (Wildman–Crippen MR) is 116 cm³/mol. The highest BCUT2D eigenvalue weighted by molar-refractivity contribution is 7.98. The van der Waals surface area contributed by atoms with Crippen LogP contribution in [0.2, 0.25) is 0 Å². The minimum absolute atomic E-state index is 0.419. The van der Waals surface area contributed by atoms with Gasteiger partial charge < -0.3 is 4.42 Å². The molecule has 0 amide bonds. The van der Waals surface area contributed by atoms with Crippen LogP contribution in [0.25, 0.3) is 28.2 Å². The van der Waals surface area contributed by atoms with Gasteiger partial charge in [-0.25, -0.2) is 9.50 Å². The number of hydrogen-bond donors (Lipinski definition) is 0. The fourth-order valence-corrected chi connectivity index (χ4v) is 5.02. The van der Waals surface area contributed by atoms with Crippen LogP contribution < -0.4 is 0 Å². The van der Waals surface area contributed by atoms with Crippen LogP contribution in [0.5, 0.6) is 0 Å². The molecule has 0 aliphatic rings. The molecule has 1 atom stereocenters. The first-order valence-electron chi connectivity index (χ1n) is 9.19. The fourth-order valence-electron chi connectivity index (χ4n) is 3.50. The molecule has 28 heavy (non-hydrogen) atoms. The number of nitrogens with zero attached hydrogens (tertiary/aromatic N) is 3. The molecular weight excluding hydrogens is 390 g/mol. The number of fused-ring (bicyclic) bond motifs is 2. The van der Waals surface area contributed by atoms with E-state index in [4.69, 9.17) is 9.52 Å². The van der Waals surface area contributed by atoms with Gasteiger partial charge in [-0.2, -0.15) is 5.10 Å². The summed E-state index contributed by atoms with van der Waals surface area (Å²) in [5.74, 6) is 0.930. The molecule has 0 fully saturated rings. The van der Waals surface area contributed by atoms with E-state index in [0.29, 0.717) is 27.8 Å². The first kappa shape index (κ1) is 19.2. The van der Waals surface area contributed by atoms with Crippen LogP contribution >= 0.6 is 11.8 Å². The number of pyridine rings is 1. The van der Waals surface area contributed by atoms with Crippen molar-refractivity contribution in [1.29, 1.82) is 0 Å². The summed E-state index contributed by atoms with van der Waals surface area (Å²) >= 11 is 1.66. The van der Waals surface area contributed by atoms with E-state index in [9.17, 15) is 4.21 Å². The molecule has 0 N–H and O–H groups in total. The van der Waals surface area contributed by atoms with Gasteiger partial charge in [0.1, 0.15) is 5.52 Å². The Bertz CT molecular complexity index is 1250. The first-order valence-corrected chi connectivity index (χ1v) is 11.7. The van der Waals surface area contributed by atoms with Crippen molar-refractivity contribution in [3.63, 3.8) is 0 Å². The van der Waals surface area contributed by atoms with Crippen LogP contribution in [0.1, 0.15) is 29.3 Å². The second-order valence-electron chi connectivity index (χ2n) is 6.89. The molecule has 0 saturated heterocycles. The zero-order valence-electron chi connectivity index (χ0n) is 16.9.